The number of carbonyl (C=O) groups excluding carboxylic acids is 1. The maximum atomic E-state index is 13.8. The summed E-state index contributed by atoms with van der Waals surface area (Å²) in [5, 5.41) is 12.0. The number of hydrogen-bond donors (Lipinski definition) is 2. The van der Waals surface area contributed by atoms with E-state index in [0.29, 0.717) is 25.1 Å². The fraction of sp³-hybridized carbons (Fsp3) is 0.529. The van der Waals surface area contributed by atoms with Crippen LogP contribution in [-0.2, 0) is 9.47 Å². The van der Waals surface area contributed by atoms with Crippen molar-refractivity contribution in [2.45, 2.75) is 18.9 Å². The molecule has 9 heteroatoms. The molecule has 1 aromatic rings. The number of carboxylic acid groups (broad SMARTS) is 1. The molecule has 1 fully saturated rings. The summed E-state index contributed by atoms with van der Waals surface area (Å²) in [7, 11) is 1.26. The predicted molar refractivity (Wildman–Crippen MR) is 92.8 cm³/mol. The van der Waals surface area contributed by atoms with Crippen molar-refractivity contribution in [3.8, 4) is 0 Å². The van der Waals surface area contributed by atoms with Gasteiger partial charge in [-0.3, -0.25) is 0 Å². The Morgan fingerprint density at radius 2 is 2.23 bits per heavy atom. The molecule has 1 heterocycles. The maximum absolute atomic E-state index is 13.8. The Balaban J connectivity index is 2.12. The molecule has 144 valence electrons. The molecule has 0 aliphatic carbocycles. The molecule has 0 bridgehead atoms. The first-order valence-corrected chi connectivity index (χ1v) is 8.65. The van der Waals surface area contributed by atoms with Gasteiger partial charge < -0.3 is 24.8 Å². The smallest absolute Gasteiger partial charge is 0.407 e. The second-order valence-corrected chi connectivity index (χ2v) is 6.48. The van der Waals surface area contributed by atoms with Crippen LogP contribution in [0.25, 0.3) is 0 Å². The maximum Gasteiger partial charge on any atom is 0.407 e. The first kappa shape index (κ1) is 20.3. The molecular weight excluding hydrogens is 367 g/mol. The highest BCUT2D eigenvalue weighted by Crippen LogP contribution is 2.34. The number of hydrogen-bond acceptors (Lipinski definition) is 4. The number of piperidine rings is 1. The van der Waals surface area contributed by atoms with Gasteiger partial charge >= 0.3 is 12.2 Å². The molecule has 1 aliphatic heterocycles. The molecule has 26 heavy (non-hydrogen) atoms. The summed E-state index contributed by atoms with van der Waals surface area (Å²) >= 11 is 5.96. The monoisotopic (exact) mass is 388 g/mol. The van der Waals surface area contributed by atoms with Crippen LogP contribution in [-0.4, -0.2) is 55.5 Å². The van der Waals surface area contributed by atoms with E-state index in [2.05, 4.69) is 10.1 Å². The van der Waals surface area contributed by atoms with Crippen LogP contribution in [0.4, 0.5) is 14.0 Å². The van der Waals surface area contributed by atoms with Crippen LogP contribution in [0.5, 0.6) is 0 Å². The van der Waals surface area contributed by atoms with Gasteiger partial charge in [0, 0.05) is 30.6 Å². The lowest BCUT2D eigenvalue weighted by molar-refractivity contribution is -0.0118. The predicted octanol–water partition coefficient (Wildman–Crippen LogP) is 3.28. The molecule has 7 nitrogen and oxygen atoms in total. The lowest BCUT2D eigenvalue weighted by atomic mass is 9.88. The lowest BCUT2D eigenvalue weighted by Crippen LogP contribution is -2.41. The van der Waals surface area contributed by atoms with Crippen LogP contribution in [0.3, 0.4) is 0 Å². The van der Waals surface area contributed by atoms with Crippen molar-refractivity contribution < 1.29 is 28.6 Å². The van der Waals surface area contributed by atoms with Crippen molar-refractivity contribution in [3.05, 3.63) is 34.6 Å². The number of carbonyl (C=O) groups is 2. The summed E-state index contributed by atoms with van der Waals surface area (Å²) in [4.78, 5) is 23.7. The van der Waals surface area contributed by atoms with Crippen molar-refractivity contribution in [2.24, 2.45) is 5.92 Å². The van der Waals surface area contributed by atoms with Crippen LogP contribution in [0.15, 0.2) is 18.2 Å². The normalized spacial score (nSPS) is 18.3. The number of nitrogens with one attached hydrogen (secondary N) is 1. The molecule has 1 saturated heterocycles. The average molecular weight is 389 g/mol. The highest BCUT2D eigenvalue weighted by molar-refractivity contribution is 6.30. The van der Waals surface area contributed by atoms with Crippen LogP contribution >= 0.6 is 11.6 Å². The Kier molecular flexibility index (Phi) is 7.47. The van der Waals surface area contributed by atoms with Crippen molar-refractivity contribution in [2.75, 3.05) is 33.4 Å². The molecule has 1 aliphatic rings. The number of benzene rings is 1. The van der Waals surface area contributed by atoms with Gasteiger partial charge in [0.2, 0.25) is 0 Å². The van der Waals surface area contributed by atoms with Crippen LogP contribution in [0, 0.1) is 11.7 Å². The largest absolute Gasteiger partial charge is 0.465 e. The van der Waals surface area contributed by atoms with Gasteiger partial charge in [0.25, 0.3) is 0 Å². The van der Waals surface area contributed by atoms with Gasteiger partial charge in [-0.15, -0.1) is 0 Å². The van der Waals surface area contributed by atoms with Gasteiger partial charge in [0.15, 0.2) is 0 Å². The fourth-order valence-corrected chi connectivity index (χ4v) is 3.32. The minimum absolute atomic E-state index is 0.143. The Morgan fingerprint density at radius 3 is 2.88 bits per heavy atom. The van der Waals surface area contributed by atoms with Crippen molar-refractivity contribution in [1.29, 1.82) is 0 Å². The number of alkyl carbamates (subject to hydrolysis) is 1. The molecule has 2 N–H and O–H groups in total. The fourth-order valence-electron chi connectivity index (χ4n) is 3.09. The van der Waals surface area contributed by atoms with Crippen molar-refractivity contribution in [3.63, 3.8) is 0 Å². The second kappa shape index (κ2) is 9.59. The number of methoxy groups -OCH3 is 1. The zero-order chi connectivity index (χ0) is 19.1. The number of rotatable bonds is 6. The van der Waals surface area contributed by atoms with E-state index in [-0.39, 0.29) is 24.1 Å². The minimum Gasteiger partial charge on any atom is -0.465 e. The molecular formula is C17H22ClFN2O5. The van der Waals surface area contributed by atoms with Gasteiger partial charge in [-0.25, -0.2) is 14.0 Å². The number of amides is 2. The summed E-state index contributed by atoms with van der Waals surface area (Å²) in [5.74, 6) is -0.629. The van der Waals surface area contributed by atoms with E-state index in [1.807, 2.05) is 0 Å². The summed E-state index contributed by atoms with van der Waals surface area (Å²) in [6.07, 6.45) is -0.663. The topological polar surface area (TPSA) is 88.1 Å². The third-order valence-electron chi connectivity index (χ3n) is 4.22. The van der Waals surface area contributed by atoms with Gasteiger partial charge in [0.1, 0.15) is 5.82 Å². The molecule has 0 aromatic heterocycles. The molecule has 2 rings (SSSR count). The molecule has 0 spiro atoms. The standard InChI is InChI=1S/C17H22ClFN2O5/c1-25-16(22)20-4-6-26-15(12-7-13(18)9-14(19)8-12)11-3-2-5-21(10-11)17(23)24/h7-9,11,15H,2-6,10H2,1H3,(H,20,22)(H,23,24)/t11?,15-/m1/s1. The molecule has 1 aromatic carbocycles. The van der Waals surface area contributed by atoms with E-state index >= 15 is 0 Å². The number of halogens is 2. The minimum atomic E-state index is -0.988. The Bertz CT molecular complexity index is 625. The SMILES string of the molecule is COC(=O)NCCO[C@@H](c1cc(F)cc(Cl)c1)C1CCCN(C(=O)O)C1. The third kappa shape index (κ3) is 5.74. The third-order valence-corrected chi connectivity index (χ3v) is 4.44. The molecule has 2 amide bonds. The van der Waals surface area contributed by atoms with E-state index in [1.165, 1.54) is 24.1 Å². The van der Waals surface area contributed by atoms with Gasteiger partial charge in [-0.2, -0.15) is 0 Å². The lowest BCUT2D eigenvalue weighted by Gasteiger charge is -2.35. The first-order valence-electron chi connectivity index (χ1n) is 8.28. The van der Waals surface area contributed by atoms with Crippen LogP contribution < -0.4 is 5.32 Å². The molecule has 0 saturated carbocycles. The highest BCUT2D eigenvalue weighted by Gasteiger charge is 2.31. The van der Waals surface area contributed by atoms with E-state index in [4.69, 9.17) is 16.3 Å². The van der Waals surface area contributed by atoms with Gasteiger partial charge in [-0.1, -0.05) is 11.6 Å². The summed E-state index contributed by atoms with van der Waals surface area (Å²) in [5.41, 5.74) is 0.547. The molecule has 1 unspecified atom stereocenters. The van der Waals surface area contributed by atoms with E-state index in [1.54, 1.807) is 6.07 Å². The molecule has 0 radical (unpaired) electrons. The Hall–Kier alpha value is -2.06. The van der Waals surface area contributed by atoms with Gasteiger partial charge in [-0.05, 0) is 36.6 Å². The van der Waals surface area contributed by atoms with Crippen LogP contribution in [0.2, 0.25) is 5.02 Å². The second-order valence-electron chi connectivity index (χ2n) is 6.04. The van der Waals surface area contributed by atoms with Gasteiger partial charge in [0.05, 0.1) is 19.8 Å². The number of nitrogens with zero attached hydrogens (tertiary/aromatic N) is 1. The van der Waals surface area contributed by atoms with E-state index < -0.39 is 24.1 Å². The molecule has 2 atom stereocenters. The highest BCUT2D eigenvalue weighted by atomic mass is 35.5. The van der Waals surface area contributed by atoms with Crippen LogP contribution in [0.1, 0.15) is 24.5 Å². The van der Waals surface area contributed by atoms with Crippen molar-refractivity contribution >= 4 is 23.8 Å². The number of likely N-dealkylation sites (tertiary alicyclic amines) is 1. The zero-order valence-electron chi connectivity index (χ0n) is 14.4. The summed E-state index contributed by atoms with van der Waals surface area (Å²) in [6, 6.07) is 4.15. The quantitative estimate of drug-likeness (QED) is 0.730. The van der Waals surface area contributed by atoms with E-state index in [9.17, 15) is 19.1 Å². The number of ether oxygens (including phenoxy) is 2. The summed E-state index contributed by atoms with van der Waals surface area (Å²) in [6.45, 7) is 1.13. The Morgan fingerprint density at radius 1 is 1.46 bits per heavy atom. The zero-order valence-corrected chi connectivity index (χ0v) is 15.2. The van der Waals surface area contributed by atoms with Crippen molar-refractivity contribution in [1.82, 2.24) is 10.2 Å². The van der Waals surface area contributed by atoms with E-state index in [0.717, 1.165) is 6.42 Å². The summed E-state index contributed by atoms with van der Waals surface area (Å²) < 4.78 is 24.2. The average Bonchev–Trinajstić information content (AvgIpc) is 2.60. The Labute approximate surface area is 156 Å². The first-order chi connectivity index (χ1) is 12.4.